The van der Waals surface area contributed by atoms with E-state index in [0.717, 1.165) is 33.1 Å². The normalized spacial score (nSPS) is 11.9. The Hall–Kier alpha value is -5.40. The van der Waals surface area contributed by atoms with Gasteiger partial charge in [0.2, 0.25) is 0 Å². The highest BCUT2D eigenvalue weighted by Crippen LogP contribution is 2.45. The molecule has 0 saturated heterocycles. The van der Waals surface area contributed by atoms with Gasteiger partial charge in [-0.1, -0.05) is 127 Å². The molecule has 1 aromatic heterocycles. The van der Waals surface area contributed by atoms with Crippen LogP contribution in [0.25, 0.3) is 87.6 Å². The predicted molar refractivity (Wildman–Crippen MR) is 178 cm³/mol. The van der Waals surface area contributed by atoms with Crippen LogP contribution in [0.4, 0.5) is 0 Å². The number of aryl methyl sites for hydroxylation is 1. The third kappa shape index (κ3) is 3.31. The van der Waals surface area contributed by atoms with E-state index in [2.05, 4.69) is 134 Å². The molecule has 42 heavy (non-hydrogen) atoms. The molecule has 8 aromatic carbocycles. The minimum absolute atomic E-state index is 0.925. The van der Waals surface area contributed by atoms with Crippen molar-refractivity contribution < 1.29 is 4.42 Å². The molecule has 0 bridgehead atoms. The zero-order valence-corrected chi connectivity index (χ0v) is 23.2. The van der Waals surface area contributed by atoms with Gasteiger partial charge in [0, 0.05) is 16.3 Å². The van der Waals surface area contributed by atoms with Crippen LogP contribution in [-0.2, 0) is 0 Å². The van der Waals surface area contributed by atoms with Crippen molar-refractivity contribution in [3.8, 4) is 33.4 Å². The lowest BCUT2D eigenvalue weighted by Crippen LogP contribution is -1.92. The number of fused-ring (bicyclic) bond motifs is 3. The molecular weight excluding hydrogens is 508 g/mol. The number of para-hydroxylation sites is 2. The third-order valence-electron chi connectivity index (χ3n) is 8.99. The predicted octanol–water partition coefficient (Wildman–Crippen LogP) is 11.8. The maximum Gasteiger partial charge on any atom is 0.143 e. The molecule has 0 radical (unpaired) electrons. The second-order valence-electron chi connectivity index (χ2n) is 11.3. The first kappa shape index (κ1) is 23.3. The second kappa shape index (κ2) is 8.80. The Kier molecular flexibility index (Phi) is 4.88. The molecule has 196 valence electrons. The molecule has 1 heteroatoms. The molecule has 1 nitrogen and oxygen atoms in total. The van der Waals surface area contributed by atoms with Crippen molar-refractivity contribution in [2.75, 3.05) is 0 Å². The SMILES string of the molecule is Cc1ccccc1-c1cc(-c2ccc(-c3cccc4c3oc3ccccc34)cc2)c2ccc3cccc4ccc1c2c34. The van der Waals surface area contributed by atoms with E-state index in [1.54, 1.807) is 0 Å². The van der Waals surface area contributed by atoms with Gasteiger partial charge in [0.05, 0.1) is 0 Å². The number of furan rings is 1. The van der Waals surface area contributed by atoms with Crippen LogP contribution in [0.2, 0.25) is 0 Å². The quantitative estimate of drug-likeness (QED) is 0.205. The summed E-state index contributed by atoms with van der Waals surface area (Å²) in [6, 6.07) is 50.7. The van der Waals surface area contributed by atoms with E-state index in [1.807, 2.05) is 12.1 Å². The van der Waals surface area contributed by atoms with Gasteiger partial charge in [0.1, 0.15) is 11.2 Å². The fourth-order valence-corrected chi connectivity index (χ4v) is 6.97. The first-order valence-electron chi connectivity index (χ1n) is 14.5. The molecule has 9 rings (SSSR count). The van der Waals surface area contributed by atoms with Gasteiger partial charge in [-0.2, -0.15) is 0 Å². The smallest absolute Gasteiger partial charge is 0.143 e. The van der Waals surface area contributed by atoms with Gasteiger partial charge in [0.15, 0.2) is 0 Å². The fraction of sp³-hybridized carbons (Fsp3) is 0.0244. The van der Waals surface area contributed by atoms with Crippen LogP contribution in [0.1, 0.15) is 5.56 Å². The van der Waals surface area contributed by atoms with Gasteiger partial charge < -0.3 is 4.42 Å². The van der Waals surface area contributed by atoms with E-state index in [0.29, 0.717) is 0 Å². The summed E-state index contributed by atoms with van der Waals surface area (Å²) >= 11 is 0. The van der Waals surface area contributed by atoms with Crippen molar-refractivity contribution in [2.24, 2.45) is 0 Å². The van der Waals surface area contributed by atoms with Crippen molar-refractivity contribution in [3.05, 3.63) is 145 Å². The maximum atomic E-state index is 6.35. The van der Waals surface area contributed by atoms with Gasteiger partial charge in [-0.15, -0.1) is 0 Å². The molecule has 0 aliphatic heterocycles. The highest BCUT2D eigenvalue weighted by molar-refractivity contribution is 6.28. The molecule has 1 heterocycles. The summed E-state index contributed by atoms with van der Waals surface area (Å²) in [7, 11) is 0. The fourth-order valence-electron chi connectivity index (χ4n) is 6.97. The summed E-state index contributed by atoms with van der Waals surface area (Å²) in [6.07, 6.45) is 0. The third-order valence-corrected chi connectivity index (χ3v) is 8.99. The lowest BCUT2D eigenvalue weighted by atomic mass is 9.84. The molecule has 0 N–H and O–H groups in total. The average molecular weight is 535 g/mol. The average Bonchev–Trinajstić information content (AvgIpc) is 3.43. The molecule has 0 spiro atoms. The molecule has 0 saturated carbocycles. The van der Waals surface area contributed by atoms with Crippen molar-refractivity contribution in [3.63, 3.8) is 0 Å². The Balaban J connectivity index is 1.29. The van der Waals surface area contributed by atoms with Gasteiger partial charge >= 0.3 is 0 Å². The number of benzene rings is 8. The Morgan fingerprint density at radius 2 is 1.02 bits per heavy atom. The molecule has 9 aromatic rings. The summed E-state index contributed by atoms with van der Waals surface area (Å²) in [5.41, 5.74) is 10.5. The van der Waals surface area contributed by atoms with Crippen molar-refractivity contribution in [1.29, 1.82) is 0 Å². The maximum absolute atomic E-state index is 6.35. The number of hydrogen-bond donors (Lipinski definition) is 0. The van der Waals surface area contributed by atoms with Crippen LogP contribution < -0.4 is 0 Å². The Labute approximate surface area is 243 Å². The lowest BCUT2D eigenvalue weighted by Gasteiger charge is -2.19. The Morgan fingerprint density at radius 3 is 1.81 bits per heavy atom. The first-order chi connectivity index (χ1) is 20.7. The van der Waals surface area contributed by atoms with Crippen LogP contribution in [0.3, 0.4) is 0 Å². The second-order valence-corrected chi connectivity index (χ2v) is 11.3. The van der Waals surface area contributed by atoms with Crippen LogP contribution in [0, 0.1) is 6.92 Å². The number of hydrogen-bond acceptors (Lipinski definition) is 1. The number of rotatable bonds is 3. The monoisotopic (exact) mass is 534 g/mol. The summed E-state index contributed by atoms with van der Waals surface area (Å²) < 4.78 is 6.35. The molecule has 0 atom stereocenters. The molecule has 0 unspecified atom stereocenters. The van der Waals surface area contributed by atoms with E-state index in [1.165, 1.54) is 60.1 Å². The van der Waals surface area contributed by atoms with Crippen molar-refractivity contribution in [1.82, 2.24) is 0 Å². The molecule has 0 aliphatic carbocycles. The summed E-state index contributed by atoms with van der Waals surface area (Å²) in [4.78, 5) is 0. The summed E-state index contributed by atoms with van der Waals surface area (Å²) in [5, 5.41) is 10.2. The Bertz CT molecular complexity index is 2440. The van der Waals surface area contributed by atoms with Crippen LogP contribution >= 0.6 is 0 Å². The summed E-state index contributed by atoms with van der Waals surface area (Å²) in [6.45, 7) is 2.21. The minimum atomic E-state index is 0.925. The molecule has 0 aliphatic rings. The summed E-state index contributed by atoms with van der Waals surface area (Å²) in [5.74, 6) is 0. The standard InChI is InChI=1S/C41H26O/c1-25-8-2-3-11-30(25)37-24-36(33-22-20-28-9-6-10-29-21-23-34(37)40(33)39(28)29)27-18-16-26(17-19-27)31-13-7-14-35-32-12-4-5-15-38(32)42-41(31)35/h2-24H,1H3. The molecule has 0 amide bonds. The van der Waals surface area contributed by atoms with Gasteiger partial charge in [-0.3, -0.25) is 0 Å². The van der Waals surface area contributed by atoms with Gasteiger partial charge in [0.25, 0.3) is 0 Å². The van der Waals surface area contributed by atoms with E-state index in [4.69, 9.17) is 4.42 Å². The zero-order chi connectivity index (χ0) is 27.8. The van der Waals surface area contributed by atoms with E-state index < -0.39 is 0 Å². The lowest BCUT2D eigenvalue weighted by molar-refractivity contribution is 0.670. The van der Waals surface area contributed by atoms with Gasteiger partial charge in [-0.05, 0) is 84.8 Å². The minimum Gasteiger partial charge on any atom is -0.455 e. The highest BCUT2D eigenvalue weighted by Gasteiger charge is 2.18. The first-order valence-corrected chi connectivity index (χ1v) is 14.5. The topological polar surface area (TPSA) is 13.1 Å². The van der Waals surface area contributed by atoms with Crippen LogP contribution in [-0.4, -0.2) is 0 Å². The van der Waals surface area contributed by atoms with Crippen LogP contribution in [0.5, 0.6) is 0 Å². The Morgan fingerprint density at radius 1 is 0.405 bits per heavy atom. The molecular formula is C41H26O. The van der Waals surface area contributed by atoms with Crippen molar-refractivity contribution in [2.45, 2.75) is 6.92 Å². The van der Waals surface area contributed by atoms with Crippen molar-refractivity contribution >= 4 is 54.3 Å². The molecule has 0 fully saturated rings. The largest absolute Gasteiger partial charge is 0.455 e. The van der Waals surface area contributed by atoms with E-state index in [9.17, 15) is 0 Å². The highest BCUT2D eigenvalue weighted by atomic mass is 16.3. The van der Waals surface area contributed by atoms with E-state index in [-0.39, 0.29) is 0 Å². The van der Waals surface area contributed by atoms with Crippen LogP contribution in [0.15, 0.2) is 144 Å². The van der Waals surface area contributed by atoms with E-state index >= 15 is 0 Å². The van der Waals surface area contributed by atoms with Gasteiger partial charge in [-0.25, -0.2) is 0 Å². The zero-order valence-electron chi connectivity index (χ0n) is 23.2.